The van der Waals surface area contributed by atoms with Gasteiger partial charge in [-0.2, -0.15) is 0 Å². The summed E-state index contributed by atoms with van der Waals surface area (Å²) >= 11 is 4.79. The molecule has 4 rings (SSSR count). The number of halogens is 1. The number of aryl methyl sites for hydroxylation is 1. The molecule has 1 heterocycles. The zero-order valence-electron chi connectivity index (χ0n) is 16.9. The molecule has 2 N–H and O–H groups in total. The number of benzene rings is 2. The second-order valence-corrected chi connectivity index (χ2v) is 8.97. The van der Waals surface area contributed by atoms with Crippen LogP contribution >= 0.6 is 27.3 Å². The minimum atomic E-state index is -0.336. The van der Waals surface area contributed by atoms with Crippen LogP contribution in [0.4, 0.5) is 10.8 Å². The van der Waals surface area contributed by atoms with E-state index < -0.39 is 0 Å². The average Bonchev–Trinajstić information content (AvgIpc) is 3.35. The Balaban J connectivity index is 1.48. The Bertz CT molecular complexity index is 1110. The first-order valence-electron chi connectivity index (χ1n) is 9.57. The van der Waals surface area contributed by atoms with E-state index in [2.05, 4.69) is 31.5 Å². The molecule has 0 bridgehead atoms. The molecule has 0 saturated carbocycles. The summed E-state index contributed by atoms with van der Waals surface area (Å²) in [5.74, 6) is 0.298. The third-order valence-corrected chi connectivity index (χ3v) is 6.56. The highest BCUT2D eigenvalue weighted by molar-refractivity contribution is 9.10. The Labute approximate surface area is 191 Å². The standard InChI is InChI=1S/C22H20BrN3O4S/c1-29-15-9-12(10-16(11-15)30-2)20(27)26-22-25-19-17(7-8-18(19)31-22)21(28)24-14-5-3-13(23)4-6-14/h3-6,9-11,17H,7-8H2,1-2H3,(H,24,28)(H,25,26,27). The highest BCUT2D eigenvalue weighted by Crippen LogP contribution is 2.39. The largest absolute Gasteiger partial charge is 0.497 e. The van der Waals surface area contributed by atoms with E-state index in [1.165, 1.54) is 25.6 Å². The normalized spacial score (nSPS) is 14.6. The van der Waals surface area contributed by atoms with Gasteiger partial charge in [-0.05, 0) is 49.2 Å². The minimum Gasteiger partial charge on any atom is -0.497 e. The van der Waals surface area contributed by atoms with Crippen LogP contribution in [-0.4, -0.2) is 31.0 Å². The zero-order valence-corrected chi connectivity index (χ0v) is 19.3. The van der Waals surface area contributed by atoms with Gasteiger partial charge in [0.1, 0.15) is 11.5 Å². The van der Waals surface area contributed by atoms with Crippen LogP contribution in [-0.2, 0) is 11.2 Å². The summed E-state index contributed by atoms with van der Waals surface area (Å²) in [4.78, 5) is 31.1. The monoisotopic (exact) mass is 501 g/mol. The molecule has 1 aromatic heterocycles. The molecule has 1 aliphatic rings. The maximum atomic E-state index is 12.8. The second kappa shape index (κ2) is 9.07. The van der Waals surface area contributed by atoms with Crippen molar-refractivity contribution in [3.63, 3.8) is 0 Å². The molecule has 9 heteroatoms. The Hall–Kier alpha value is -2.91. The van der Waals surface area contributed by atoms with Crippen LogP contribution in [0, 0.1) is 0 Å². The van der Waals surface area contributed by atoms with Crippen LogP contribution in [0.3, 0.4) is 0 Å². The van der Waals surface area contributed by atoms with Crippen molar-refractivity contribution in [1.82, 2.24) is 4.98 Å². The number of nitrogens with one attached hydrogen (secondary N) is 2. The molecule has 0 fully saturated rings. The summed E-state index contributed by atoms with van der Waals surface area (Å²) in [5.41, 5.74) is 1.87. The number of carbonyl (C=O) groups excluding carboxylic acids is 2. The maximum absolute atomic E-state index is 12.8. The van der Waals surface area contributed by atoms with Gasteiger partial charge in [-0.25, -0.2) is 4.98 Å². The molecule has 7 nitrogen and oxygen atoms in total. The van der Waals surface area contributed by atoms with Gasteiger partial charge in [0.15, 0.2) is 5.13 Å². The first-order chi connectivity index (χ1) is 15.0. The third-order valence-electron chi connectivity index (χ3n) is 4.98. The molecule has 31 heavy (non-hydrogen) atoms. The van der Waals surface area contributed by atoms with Crippen LogP contribution in [0.5, 0.6) is 11.5 Å². The van der Waals surface area contributed by atoms with Crippen molar-refractivity contribution < 1.29 is 19.1 Å². The molecule has 1 aliphatic carbocycles. The smallest absolute Gasteiger partial charge is 0.257 e. The Kier molecular flexibility index (Phi) is 6.24. The second-order valence-electron chi connectivity index (χ2n) is 6.97. The Morgan fingerprint density at radius 2 is 1.74 bits per heavy atom. The van der Waals surface area contributed by atoms with E-state index in [0.29, 0.717) is 28.6 Å². The van der Waals surface area contributed by atoms with Gasteiger partial charge in [0.25, 0.3) is 5.91 Å². The van der Waals surface area contributed by atoms with Crippen LogP contribution in [0.25, 0.3) is 0 Å². The maximum Gasteiger partial charge on any atom is 0.257 e. The highest BCUT2D eigenvalue weighted by Gasteiger charge is 2.33. The first kappa shape index (κ1) is 21.3. The van der Waals surface area contributed by atoms with Crippen LogP contribution < -0.4 is 20.1 Å². The summed E-state index contributed by atoms with van der Waals surface area (Å²) in [6.45, 7) is 0. The van der Waals surface area contributed by atoms with E-state index in [9.17, 15) is 9.59 Å². The number of nitrogens with zero attached hydrogens (tertiary/aromatic N) is 1. The summed E-state index contributed by atoms with van der Waals surface area (Å²) in [6.07, 6.45) is 1.46. The number of hydrogen-bond donors (Lipinski definition) is 2. The molecule has 0 spiro atoms. The molecule has 1 unspecified atom stereocenters. The van der Waals surface area contributed by atoms with Gasteiger partial charge >= 0.3 is 0 Å². The zero-order chi connectivity index (χ0) is 22.0. The van der Waals surface area contributed by atoms with Crippen molar-refractivity contribution >= 4 is 49.9 Å². The van der Waals surface area contributed by atoms with Crippen molar-refractivity contribution in [2.75, 3.05) is 24.9 Å². The number of carbonyl (C=O) groups is 2. The number of hydrogen-bond acceptors (Lipinski definition) is 6. The number of methoxy groups -OCH3 is 2. The van der Waals surface area contributed by atoms with Gasteiger partial charge in [-0.1, -0.05) is 15.9 Å². The van der Waals surface area contributed by atoms with Crippen molar-refractivity contribution in [2.24, 2.45) is 0 Å². The third kappa shape index (κ3) is 4.72. The lowest BCUT2D eigenvalue weighted by Gasteiger charge is -2.11. The average molecular weight is 502 g/mol. The lowest BCUT2D eigenvalue weighted by atomic mass is 10.1. The predicted octanol–water partition coefficient (Wildman–Crippen LogP) is 4.84. The highest BCUT2D eigenvalue weighted by atomic mass is 79.9. The summed E-state index contributed by atoms with van der Waals surface area (Å²) in [6, 6.07) is 12.4. The topological polar surface area (TPSA) is 89.6 Å². The fraction of sp³-hybridized carbons (Fsp3) is 0.227. The SMILES string of the molecule is COc1cc(OC)cc(C(=O)Nc2nc3c(s2)CCC3C(=O)Nc2ccc(Br)cc2)c1. The van der Waals surface area contributed by atoms with Crippen molar-refractivity contribution in [3.05, 3.63) is 63.1 Å². The fourth-order valence-corrected chi connectivity index (χ4v) is 4.70. The van der Waals surface area contributed by atoms with Gasteiger partial charge in [-0.15, -0.1) is 11.3 Å². The van der Waals surface area contributed by atoms with Crippen LogP contribution in [0.2, 0.25) is 0 Å². The van der Waals surface area contributed by atoms with Crippen molar-refractivity contribution in [2.45, 2.75) is 18.8 Å². The number of rotatable bonds is 6. The Morgan fingerprint density at radius 3 is 2.39 bits per heavy atom. The molecule has 0 saturated heterocycles. The van der Waals surface area contributed by atoms with E-state index >= 15 is 0 Å². The van der Waals surface area contributed by atoms with Gasteiger partial charge < -0.3 is 14.8 Å². The van der Waals surface area contributed by atoms with Crippen LogP contribution in [0.1, 0.15) is 33.3 Å². The van der Waals surface area contributed by atoms with Gasteiger partial charge in [0, 0.05) is 26.7 Å². The van der Waals surface area contributed by atoms with Crippen molar-refractivity contribution in [1.29, 1.82) is 0 Å². The number of ether oxygens (including phenoxy) is 2. The van der Waals surface area contributed by atoms with Gasteiger partial charge in [0.05, 0.1) is 25.8 Å². The molecule has 2 aromatic carbocycles. The number of aromatic nitrogens is 1. The molecule has 1 atom stereocenters. The molecular weight excluding hydrogens is 482 g/mol. The molecule has 160 valence electrons. The first-order valence-corrected chi connectivity index (χ1v) is 11.2. The predicted molar refractivity (Wildman–Crippen MR) is 123 cm³/mol. The number of amides is 2. The molecule has 0 aliphatic heterocycles. The van der Waals surface area contributed by atoms with E-state index in [1.54, 1.807) is 18.2 Å². The van der Waals surface area contributed by atoms with E-state index in [4.69, 9.17) is 9.47 Å². The number of thiazole rings is 1. The van der Waals surface area contributed by atoms with Crippen LogP contribution in [0.15, 0.2) is 46.9 Å². The van der Waals surface area contributed by atoms with E-state index in [1.807, 2.05) is 24.3 Å². The summed E-state index contributed by atoms with van der Waals surface area (Å²) in [7, 11) is 3.06. The van der Waals surface area contributed by atoms with E-state index in [-0.39, 0.29) is 17.7 Å². The van der Waals surface area contributed by atoms with E-state index in [0.717, 1.165) is 27.2 Å². The fourth-order valence-electron chi connectivity index (χ4n) is 3.41. The number of fused-ring (bicyclic) bond motifs is 1. The minimum absolute atomic E-state index is 0.0956. The quantitative estimate of drug-likeness (QED) is 0.504. The number of anilines is 2. The van der Waals surface area contributed by atoms with Crippen molar-refractivity contribution in [3.8, 4) is 11.5 Å². The molecule has 0 radical (unpaired) electrons. The summed E-state index contributed by atoms with van der Waals surface area (Å²) < 4.78 is 11.4. The molecular formula is C22H20BrN3O4S. The van der Waals surface area contributed by atoms with Gasteiger partial charge in [-0.3, -0.25) is 14.9 Å². The Morgan fingerprint density at radius 1 is 1.06 bits per heavy atom. The lowest BCUT2D eigenvalue weighted by molar-refractivity contribution is -0.117. The lowest BCUT2D eigenvalue weighted by Crippen LogP contribution is -2.20. The molecule has 3 aromatic rings. The van der Waals surface area contributed by atoms with Gasteiger partial charge in [0.2, 0.25) is 5.91 Å². The summed E-state index contributed by atoms with van der Waals surface area (Å²) in [5, 5.41) is 6.24. The molecule has 2 amide bonds.